The molecule has 1 saturated heterocycles. The second-order valence-corrected chi connectivity index (χ2v) is 5.44. The molecule has 0 spiro atoms. The van der Waals surface area contributed by atoms with Gasteiger partial charge in [-0.3, -0.25) is 9.59 Å². The summed E-state index contributed by atoms with van der Waals surface area (Å²) in [6.45, 7) is 1.01. The molecule has 1 unspecified atom stereocenters. The predicted octanol–water partition coefficient (Wildman–Crippen LogP) is 0.353. The summed E-state index contributed by atoms with van der Waals surface area (Å²) in [5.74, 6) is -0.592. The van der Waals surface area contributed by atoms with Crippen LogP contribution in [0.15, 0.2) is 12.3 Å². The maximum absolute atomic E-state index is 12.5. The number of nitrogens with zero attached hydrogens (tertiary/aromatic N) is 2. The second kappa shape index (κ2) is 4.29. The highest BCUT2D eigenvalue weighted by atomic mass is 16.2. The molecule has 2 heterocycles. The van der Waals surface area contributed by atoms with Crippen LogP contribution in [0.25, 0.3) is 0 Å². The fourth-order valence-electron chi connectivity index (χ4n) is 2.67. The van der Waals surface area contributed by atoms with E-state index in [1.807, 2.05) is 10.8 Å². The largest absolute Gasteiger partial charge is 0.397 e. The van der Waals surface area contributed by atoms with Gasteiger partial charge in [-0.25, -0.2) is 0 Å². The number of carbonyl (C=O) groups is 2. The highest BCUT2D eigenvalue weighted by Crippen LogP contribution is 2.37. The first-order valence-electron chi connectivity index (χ1n) is 6.62. The Morgan fingerprint density at radius 3 is 2.58 bits per heavy atom. The molecule has 19 heavy (non-hydrogen) atoms. The lowest BCUT2D eigenvalue weighted by molar-refractivity contribution is -0.121. The number of hydrogen-bond acceptors (Lipinski definition) is 3. The molecule has 3 rings (SSSR count). The Kier molecular flexibility index (Phi) is 2.73. The van der Waals surface area contributed by atoms with E-state index in [1.165, 1.54) is 0 Å². The van der Waals surface area contributed by atoms with Crippen molar-refractivity contribution >= 4 is 17.5 Å². The molecule has 1 aliphatic carbocycles. The van der Waals surface area contributed by atoms with E-state index in [0.717, 1.165) is 12.8 Å². The van der Waals surface area contributed by atoms with Crippen molar-refractivity contribution in [3.63, 3.8) is 0 Å². The average Bonchev–Trinajstić information content (AvgIpc) is 2.95. The van der Waals surface area contributed by atoms with Crippen molar-refractivity contribution < 1.29 is 9.59 Å². The Bertz CT molecular complexity index is 533. The Balaban J connectivity index is 1.79. The first kappa shape index (κ1) is 12.1. The van der Waals surface area contributed by atoms with Gasteiger partial charge < -0.3 is 20.9 Å². The Hall–Kier alpha value is -1.98. The van der Waals surface area contributed by atoms with Crippen LogP contribution in [0.2, 0.25) is 0 Å². The molecule has 1 aromatic heterocycles. The van der Waals surface area contributed by atoms with Crippen LogP contribution in [0, 0.1) is 5.92 Å². The summed E-state index contributed by atoms with van der Waals surface area (Å²) in [5.41, 5.74) is 12.3. The van der Waals surface area contributed by atoms with E-state index in [9.17, 15) is 9.59 Å². The van der Waals surface area contributed by atoms with Gasteiger partial charge in [-0.05, 0) is 25.3 Å². The zero-order chi connectivity index (χ0) is 13.6. The lowest BCUT2D eigenvalue weighted by Crippen LogP contribution is -2.32. The summed E-state index contributed by atoms with van der Waals surface area (Å²) in [6, 6.07) is 2.13. The molecule has 1 aliphatic heterocycles. The molecule has 6 nitrogen and oxygen atoms in total. The number of nitrogen functional groups attached to an aromatic ring is 1. The monoisotopic (exact) mass is 262 g/mol. The van der Waals surface area contributed by atoms with Gasteiger partial charge in [0.05, 0.1) is 11.6 Å². The van der Waals surface area contributed by atoms with E-state index in [2.05, 4.69) is 0 Å². The topological polar surface area (TPSA) is 94.3 Å². The van der Waals surface area contributed by atoms with Gasteiger partial charge in [0, 0.05) is 25.3 Å². The van der Waals surface area contributed by atoms with E-state index < -0.39 is 0 Å². The molecule has 2 amide bonds. The summed E-state index contributed by atoms with van der Waals surface area (Å²) in [7, 11) is 0. The number of likely N-dealkylation sites (tertiary alicyclic amines) is 1. The number of nitrogens with two attached hydrogens (primary N) is 2. The third-order valence-electron chi connectivity index (χ3n) is 3.91. The molecule has 4 N–H and O–H groups in total. The predicted molar refractivity (Wildman–Crippen MR) is 70.3 cm³/mol. The fraction of sp³-hybridized carbons (Fsp3) is 0.538. The molecule has 0 radical (unpaired) electrons. The van der Waals surface area contributed by atoms with E-state index in [0.29, 0.717) is 36.9 Å². The number of carbonyl (C=O) groups excluding carboxylic acids is 2. The summed E-state index contributed by atoms with van der Waals surface area (Å²) in [6.07, 6.45) is 4.67. The zero-order valence-electron chi connectivity index (χ0n) is 10.7. The lowest BCUT2D eigenvalue weighted by atomic mass is 10.1. The molecular formula is C13H18N4O2. The third kappa shape index (κ3) is 2.18. The number of rotatable bonds is 3. The van der Waals surface area contributed by atoms with E-state index in [4.69, 9.17) is 11.5 Å². The van der Waals surface area contributed by atoms with Crippen LogP contribution in [0.4, 0.5) is 5.69 Å². The van der Waals surface area contributed by atoms with Crippen molar-refractivity contribution in [2.24, 2.45) is 11.7 Å². The Labute approximate surface area is 111 Å². The normalized spacial score (nSPS) is 22.7. The molecule has 2 aliphatic rings. The summed E-state index contributed by atoms with van der Waals surface area (Å²) in [5, 5.41) is 0. The maximum atomic E-state index is 12.5. The first-order chi connectivity index (χ1) is 9.06. The van der Waals surface area contributed by atoms with Gasteiger partial charge in [0.25, 0.3) is 5.91 Å². The summed E-state index contributed by atoms with van der Waals surface area (Å²) < 4.78 is 1.97. The van der Waals surface area contributed by atoms with Crippen LogP contribution in [-0.2, 0) is 4.79 Å². The summed E-state index contributed by atoms with van der Waals surface area (Å²) >= 11 is 0. The second-order valence-electron chi connectivity index (χ2n) is 5.44. The first-order valence-corrected chi connectivity index (χ1v) is 6.62. The molecule has 1 saturated carbocycles. The van der Waals surface area contributed by atoms with Gasteiger partial charge in [-0.2, -0.15) is 0 Å². The van der Waals surface area contributed by atoms with Crippen molar-refractivity contribution in [2.45, 2.75) is 25.3 Å². The minimum absolute atomic E-state index is 0.0487. The van der Waals surface area contributed by atoms with Crippen molar-refractivity contribution in [2.75, 3.05) is 18.8 Å². The van der Waals surface area contributed by atoms with Crippen LogP contribution in [0.1, 0.15) is 35.8 Å². The molecular weight excluding hydrogens is 244 g/mol. The SMILES string of the molecule is NC(=O)C1CCN(C(=O)c2cc(N)cn2C2CC2)C1. The highest BCUT2D eigenvalue weighted by Gasteiger charge is 2.33. The number of aromatic nitrogens is 1. The molecule has 0 bridgehead atoms. The zero-order valence-corrected chi connectivity index (χ0v) is 10.7. The lowest BCUT2D eigenvalue weighted by Gasteiger charge is -2.17. The molecule has 2 fully saturated rings. The van der Waals surface area contributed by atoms with Crippen LogP contribution in [0.3, 0.4) is 0 Å². The van der Waals surface area contributed by atoms with Crippen molar-refractivity contribution in [3.05, 3.63) is 18.0 Å². The molecule has 102 valence electrons. The van der Waals surface area contributed by atoms with Crippen molar-refractivity contribution in [1.82, 2.24) is 9.47 Å². The Morgan fingerprint density at radius 2 is 2.00 bits per heavy atom. The Morgan fingerprint density at radius 1 is 1.26 bits per heavy atom. The molecule has 6 heteroatoms. The number of amides is 2. The van der Waals surface area contributed by atoms with Gasteiger partial charge in [0.1, 0.15) is 5.69 Å². The average molecular weight is 262 g/mol. The minimum Gasteiger partial charge on any atom is -0.397 e. The smallest absolute Gasteiger partial charge is 0.270 e. The summed E-state index contributed by atoms with van der Waals surface area (Å²) in [4.78, 5) is 25.3. The van der Waals surface area contributed by atoms with Gasteiger partial charge in [0.2, 0.25) is 5.91 Å². The minimum atomic E-state index is -0.326. The maximum Gasteiger partial charge on any atom is 0.270 e. The van der Waals surface area contributed by atoms with Crippen LogP contribution < -0.4 is 11.5 Å². The number of hydrogen-bond donors (Lipinski definition) is 2. The van der Waals surface area contributed by atoms with Crippen molar-refractivity contribution in [3.8, 4) is 0 Å². The van der Waals surface area contributed by atoms with E-state index in [-0.39, 0.29) is 17.7 Å². The molecule has 0 aromatic carbocycles. The molecule has 1 atom stereocenters. The fourth-order valence-corrected chi connectivity index (χ4v) is 2.67. The van der Waals surface area contributed by atoms with Crippen LogP contribution in [-0.4, -0.2) is 34.4 Å². The van der Waals surface area contributed by atoms with Crippen molar-refractivity contribution in [1.29, 1.82) is 0 Å². The van der Waals surface area contributed by atoms with Gasteiger partial charge >= 0.3 is 0 Å². The van der Waals surface area contributed by atoms with E-state index >= 15 is 0 Å². The molecule has 1 aromatic rings. The number of anilines is 1. The highest BCUT2D eigenvalue weighted by molar-refractivity contribution is 5.94. The van der Waals surface area contributed by atoms with Crippen LogP contribution >= 0.6 is 0 Å². The van der Waals surface area contributed by atoms with Crippen LogP contribution in [0.5, 0.6) is 0 Å². The van der Waals surface area contributed by atoms with Gasteiger partial charge in [-0.1, -0.05) is 0 Å². The third-order valence-corrected chi connectivity index (χ3v) is 3.91. The number of primary amides is 1. The van der Waals surface area contributed by atoms with Gasteiger partial charge in [0.15, 0.2) is 0 Å². The standard InChI is InChI=1S/C13H18N4O2/c14-9-5-11(17(7-9)10-1-2-10)13(19)16-4-3-8(6-16)12(15)18/h5,7-8,10H,1-4,6,14H2,(H2,15,18). The quantitative estimate of drug-likeness (QED) is 0.823. The van der Waals surface area contributed by atoms with Gasteiger partial charge in [-0.15, -0.1) is 0 Å². The van der Waals surface area contributed by atoms with E-state index in [1.54, 1.807) is 11.0 Å².